The molecule has 1 aliphatic rings. The molecule has 2 heterocycles. The van der Waals surface area contributed by atoms with Crippen molar-refractivity contribution >= 4 is 40.8 Å². The van der Waals surface area contributed by atoms with Gasteiger partial charge in [0.05, 0.1) is 31.5 Å². The van der Waals surface area contributed by atoms with Crippen LogP contribution in [0, 0.1) is 0 Å². The highest BCUT2D eigenvalue weighted by Gasteiger charge is 2.47. The fraction of sp³-hybridized carbons (Fsp3) is 0.208. The largest absolute Gasteiger partial charge is 0.494 e. The summed E-state index contributed by atoms with van der Waals surface area (Å²) in [6.45, 7) is 2.49. The zero-order chi connectivity index (χ0) is 23.4. The third-order valence-corrected chi connectivity index (χ3v) is 5.39. The number of rotatable bonds is 8. The van der Waals surface area contributed by atoms with Gasteiger partial charge in [-0.1, -0.05) is 11.6 Å². The molecule has 0 bridgehead atoms. The number of carbonyl (C=O) groups excluding carboxylic acids is 3. The second-order valence-electron chi connectivity index (χ2n) is 7.37. The molecule has 0 unspecified atom stereocenters. The van der Waals surface area contributed by atoms with Crippen LogP contribution in [0.3, 0.4) is 0 Å². The van der Waals surface area contributed by atoms with Gasteiger partial charge < -0.3 is 19.4 Å². The molecule has 0 spiro atoms. The lowest BCUT2D eigenvalue weighted by Crippen LogP contribution is -2.37. The van der Waals surface area contributed by atoms with Crippen LogP contribution >= 0.6 is 11.6 Å². The molecule has 0 aliphatic carbocycles. The van der Waals surface area contributed by atoms with Gasteiger partial charge in [0.15, 0.2) is 0 Å². The van der Waals surface area contributed by atoms with E-state index in [4.69, 9.17) is 20.8 Å². The number of urea groups is 1. The number of anilines is 2. The first-order chi connectivity index (χ1) is 16.0. The van der Waals surface area contributed by atoms with E-state index in [-0.39, 0.29) is 13.0 Å². The predicted molar refractivity (Wildman–Crippen MR) is 123 cm³/mol. The number of imide groups is 1. The molecule has 1 N–H and O–H groups in total. The van der Waals surface area contributed by atoms with Gasteiger partial charge in [-0.05, 0) is 67.6 Å². The molecule has 0 radical (unpaired) electrons. The quantitative estimate of drug-likeness (QED) is 0.485. The van der Waals surface area contributed by atoms with Crippen LogP contribution in [0.4, 0.5) is 16.2 Å². The Balaban J connectivity index is 1.53. The van der Waals surface area contributed by atoms with Crippen molar-refractivity contribution in [3.63, 3.8) is 0 Å². The van der Waals surface area contributed by atoms with E-state index in [0.717, 1.165) is 4.90 Å². The summed E-state index contributed by atoms with van der Waals surface area (Å²) in [6, 6.07) is 15.2. The second kappa shape index (κ2) is 9.79. The Morgan fingerprint density at radius 3 is 2.45 bits per heavy atom. The Morgan fingerprint density at radius 1 is 1.09 bits per heavy atom. The highest BCUT2D eigenvalue weighted by atomic mass is 35.5. The van der Waals surface area contributed by atoms with E-state index in [1.54, 1.807) is 60.7 Å². The number of hydrogen-bond acceptors (Lipinski definition) is 5. The maximum atomic E-state index is 13.2. The molecule has 1 atom stereocenters. The highest BCUT2D eigenvalue weighted by molar-refractivity contribution is 6.30. The number of hydrogen-bond donors (Lipinski definition) is 1. The predicted octanol–water partition coefficient (Wildman–Crippen LogP) is 4.70. The number of nitrogens with zero attached hydrogens (tertiary/aromatic N) is 2. The summed E-state index contributed by atoms with van der Waals surface area (Å²) >= 11 is 5.94. The van der Waals surface area contributed by atoms with Crippen LogP contribution in [0.1, 0.15) is 19.1 Å². The lowest BCUT2D eigenvalue weighted by molar-refractivity contribution is -0.124. The van der Waals surface area contributed by atoms with Crippen molar-refractivity contribution in [2.24, 2.45) is 0 Å². The first kappa shape index (κ1) is 22.4. The Kier molecular flexibility index (Phi) is 6.65. The van der Waals surface area contributed by atoms with Crippen molar-refractivity contribution in [2.75, 3.05) is 16.8 Å². The maximum Gasteiger partial charge on any atom is 0.332 e. The fourth-order valence-corrected chi connectivity index (χ4v) is 3.73. The van der Waals surface area contributed by atoms with Crippen molar-refractivity contribution < 1.29 is 23.5 Å². The molecule has 2 aromatic carbocycles. The summed E-state index contributed by atoms with van der Waals surface area (Å²) in [4.78, 5) is 41.6. The molecule has 1 aromatic heterocycles. The van der Waals surface area contributed by atoms with E-state index in [1.807, 2.05) is 6.92 Å². The fourth-order valence-electron chi connectivity index (χ4n) is 3.60. The normalized spacial score (nSPS) is 15.8. The van der Waals surface area contributed by atoms with Gasteiger partial charge in [-0.25, -0.2) is 9.69 Å². The molecular weight excluding hydrogens is 446 g/mol. The van der Waals surface area contributed by atoms with Gasteiger partial charge in [-0.15, -0.1) is 0 Å². The first-order valence-electron chi connectivity index (χ1n) is 10.4. The smallest absolute Gasteiger partial charge is 0.332 e. The van der Waals surface area contributed by atoms with Crippen molar-refractivity contribution in [2.45, 2.75) is 25.9 Å². The Morgan fingerprint density at radius 2 is 1.82 bits per heavy atom. The number of ether oxygens (including phenoxy) is 1. The van der Waals surface area contributed by atoms with Gasteiger partial charge in [0.1, 0.15) is 17.6 Å². The summed E-state index contributed by atoms with van der Waals surface area (Å²) in [5, 5.41) is 3.25. The Bertz CT molecular complexity index is 1130. The first-order valence-corrected chi connectivity index (χ1v) is 10.8. The van der Waals surface area contributed by atoms with Crippen molar-refractivity contribution in [1.29, 1.82) is 0 Å². The molecule has 33 heavy (non-hydrogen) atoms. The van der Waals surface area contributed by atoms with Gasteiger partial charge in [0.25, 0.3) is 5.91 Å². The lowest BCUT2D eigenvalue weighted by Gasteiger charge is -2.20. The molecule has 1 aliphatic heterocycles. The van der Waals surface area contributed by atoms with Gasteiger partial charge in [-0.3, -0.25) is 9.59 Å². The molecule has 9 heteroatoms. The number of halogens is 1. The summed E-state index contributed by atoms with van der Waals surface area (Å²) in [6.07, 6.45) is 1.28. The van der Waals surface area contributed by atoms with E-state index < -0.39 is 23.9 Å². The van der Waals surface area contributed by atoms with Crippen LogP contribution in [0.15, 0.2) is 71.3 Å². The monoisotopic (exact) mass is 467 g/mol. The van der Waals surface area contributed by atoms with Gasteiger partial charge >= 0.3 is 6.03 Å². The third kappa shape index (κ3) is 5.01. The van der Waals surface area contributed by atoms with E-state index in [0.29, 0.717) is 34.5 Å². The Hall–Kier alpha value is -3.78. The van der Waals surface area contributed by atoms with Gasteiger partial charge in [0, 0.05) is 10.7 Å². The summed E-state index contributed by atoms with van der Waals surface area (Å²) in [5.74, 6) is 0.310. The van der Waals surface area contributed by atoms with Crippen LogP contribution in [-0.2, 0) is 16.1 Å². The SMILES string of the molecule is CCOc1ccc(NC(=O)C[C@H]2C(=O)N(c3ccc(Cl)cc3)C(=O)N2Cc2ccco2)cc1. The van der Waals surface area contributed by atoms with Crippen LogP contribution in [0.5, 0.6) is 5.75 Å². The number of nitrogens with one attached hydrogen (secondary N) is 1. The van der Waals surface area contributed by atoms with Crippen molar-refractivity contribution in [3.05, 3.63) is 77.7 Å². The zero-order valence-electron chi connectivity index (χ0n) is 17.9. The van der Waals surface area contributed by atoms with Crippen molar-refractivity contribution in [1.82, 2.24) is 4.90 Å². The van der Waals surface area contributed by atoms with Gasteiger partial charge in [-0.2, -0.15) is 0 Å². The zero-order valence-corrected chi connectivity index (χ0v) is 18.6. The topological polar surface area (TPSA) is 92.1 Å². The van der Waals surface area contributed by atoms with E-state index in [1.165, 1.54) is 11.2 Å². The number of carbonyl (C=O) groups is 3. The molecule has 4 amide bonds. The minimum atomic E-state index is -0.985. The van der Waals surface area contributed by atoms with E-state index >= 15 is 0 Å². The molecular formula is C24H22ClN3O5. The number of benzene rings is 2. The standard InChI is InChI=1S/C24H22ClN3O5/c1-2-32-19-11-7-17(8-12-19)26-22(29)14-21-23(30)28(18-9-5-16(25)6-10-18)24(31)27(21)15-20-4-3-13-33-20/h3-13,21H,2,14-15H2,1H3,(H,26,29)/t21-/m0/s1. The molecule has 0 saturated carbocycles. The average Bonchev–Trinajstić information content (AvgIpc) is 3.39. The van der Waals surface area contributed by atoms with Crippen LogP contribution in [-0.4, -0.2) is 35.4 Å². The number of amides is 4. The second-order valence-corrected chi connectivity index (χ2v) is 7.80. The molecule has 3 aromatic rings. The summed E-state index contributed by atoms with van der Waals surface area (Å²) in [5.41, 5.74) is 0.945. The van der Waals surface area contributed by atoms with E-state index in [9.17, 15) is 14.4 Å². The third-order valence-electron chi connectivity index (χ3n) is 5.14. The lowest BCUT2D eigenvalue weighted by atomic mass is 10.1. The highest BCUT2D eigenvalue weighted by Crippen LogP contribution is 2.29. The minimum Gasteiger partial charge on any atom is -0.494 e. The van der Waals surface area contributed by atoms with Crippen molar-refractivity contribution in [3.8, 4) is 5.75 Å². The average molecular weight is 468 g/mol. The molecule has 4 rings (SSSR count). The molecule has 1 fully saturated rings. The summed E-state index contributed by atoms with van der Waals surface area (Å²) in [7, 11) is 0. The molecule has 1 saturated heterocycles. The number of furan rings is 1. The van der Waals surface area contributed by atoms with Crippen LogP contribution in [0.2, 0.25) is 5.02 Å². The minimum absolute atomic E-state index is 0.0582. The molecule has 8 nitrogen and oxygen atoms in total. The van der Waals surface area contributed by atoms with Crippen LogP contribution < -0.4 is 15.0 Å². The van der Waals surface area contributed by atoms with Crippen LogP contribution in [0.25, 0.3) is 0 Å². The maximum absolute atomic E-state index is 13.2. The summed E-state index contributed by atoms with van der Waals surface area (Å²) < 4.78 is 10.8. The van der Waals surface area contributed by atoms with E-state index in [2.05, 4.69) is 5.32 Å². The molecule has 170 valence electrons. The Labute approximate surface area is 195 Å². The van der Waals surface area contributed by atoms with Gasteiger partial charge in [0.2, 0.25) is 5.91 Å².